The molecule has 0 aromatic carbocycles. The number of nitrogens with zero attached hydrogens (tertiary/aromatic N) is 4. The zero-order valence-corrected chi connectivity index (χ0v) is 13.4. The number of aliphatic hydroxyl groups is 1. The van der Waals surface area contributed by atoms with Crippen molar-refractivity contribution in [3.8, 4) is 0 Å². The Morgan fingerprint density at radius 3 is 2.67 bits per heavy atom. The Balaban J connectivity index is 0.00000162. The molecule has 0 fully saturated rings. The third-order valence-electron chi connectivity index (χ3n) is 2.52. The molecule has 1 atom stereocenters. The zero-order chi connectivity index (χ0) is 12.6. The van der Waals surface area contributed by atoms with E-state index in [0.717, 1.165) is 0 Å². The number of hydrogen-bond acceptors (Lipinski definition) is 5. The molecule has 0 bridgehead atoms. The first-order valence-corrected chi connectivity index (χ1v) is 6.10. The van der Waals surface area contributed by atoms with Gasteiger partial charge in [-0.25, -0.2) is 15.0 Å². The number of imidazole rings is 1. The molecule has 0 aliphatic carbocycles. The van der Waals surface area contributed by atoms with E-state index >= 15 is 0 Å². The SMILES string of the molecule is Br.CC(O)CCc1nc(N)c2nc(Br)n(C)c2n1. The van der Waals surface area contributed by atoms with E-state index in [1.54, 1.807) is 11.5 Å². The van der Waals surface area contributed by atoms with Crippen molar-refractivity contribution in [1.29, 1.82) is 0 Å². The van der Waals surface area contributed by atoms with E-state index in [9.17, 15) is 5.11 Å². The van der Waals surface area contributed by atoms with E-state index in [1.807, 2.05) is 7.05 Å². The van der Waals surface area contributed by atoms with Crippen molar-refractivity contribution in [2.75, 3.05) is 5.73 Å². The van der Waals surface area contributed by atoms with Crippen LogP contribution in [0.4, 0.5) is 5.82 Å². The molecule has 2 aromatic rings. The number of halogens is 2. The van der Waals surface area contributed by atoms with Crippen molar-refractivity contribution in [2.45, 2.75) is 25.9 Å². The second-order valence-corrected chi connectivity index (χ2v) is 4.73. The number of hydrogen-bond donors (Lipinski definition) is 2. The van der Waals surface area contributed by atoms with Gasteiger partial charge in [0.1, 0.15) is 5.82 Å². The van der Waals surface area contributed by atoms with Crippen LogP contribution in [0.5, 0.6) is 0 Å². The maximum absolute atomic E-state index is 9.24. The smallest absolute Gasteiger partial charge is 0.179 e. The van der Waals surface area contributed by atoms with Gasteiger partial charge in [0, 0.05) is 13.5 Å². The number of anilines is 1. The summed E-state index contributed by atoms with van der Waals surface area (Å²) >= 11 is 3.32. The van der Waals surface area contributed by atoms with Gasteiger partial charge in [-0.2, -0.15) is 0 Å². The van der Waals surface area contributed by atoms with E-state index in [1.165, 1.54) is 0 Å². The van der Waals surface area contributed by atoms with Crippen molar-refractivity contribution in [3.05, 3.63) is 10.6 Å². The average molecular weight is 381 g/mol. The molecule has 0 saturated carbocycles. The predicted octanol–water partition coefficient (Wildman–Crippen LogP) is 1.60. The summed E-state index contributed by atoms with van der Waals surface area (Å²) in [5.74, 6) is 1.00. The number of nitrogen functional groups attached to an aromatic ring is 1. The fourth-order valence-corrected chi connectivity index (χ4v) is 1.90. The summed E-state index contributed by atoms with van der Waals surface area (Å²) in [4.78, 5) is 12.8. The maximum atomic E-state index is 9.24. The topological polar surface area (TPSA) is 89.9 Å². The summed E-state index contributed by atoms with van der Waals surface area (Å²) in [6.45, 7) is 1.74. The standard InChI is InChI=1S/C10H14BrN5O.BrH/c1-5(17)3-4-6-13-8(12)7-9(14-6)16(2)10(11)15-7;/h5,17H,3-4H2,1-2H3,(H2,12,13,14);1H. The van der Waals surface area contributed by atoms with Crippen LogP contribution in [0.1, 0.15) is 19.2 Å². The summed E-state index contributed by atoms with van der Waals surface area (Å²) in [6, 6.07) is 0. The number of fused-ring (bicyclic) bond motifs is 1. The second-order valence-electron chi connectivity index (χ2n) is 4.02. The molecule has 0 radical (unpaired) electrons. The molecule has 100 valence electrons. The summed E-state index contributed by atoms with van der Waals surface area (Å²) in [5, 5.41) is 9.24. The van der Waals surface area contributed by atoms with Gasteiger partial charge in [-0.1, -0.05) is 0 Å². The van der Waals surface area contributed by atoms with Crippen LogP contribution in [0.25, 0.3) is 11.2 Å². The minimum atomic E-state index is -0.367. The van der Waals surface area contributed by atoms with Crippen LogP contribution in [-0.2, 0) is 13.5 Å². The molecule has 6 nitrogen and oxygen atoms in total. The highest BCUT2D eigenvalue weighted by molar-refractivity contribution is 9.10. The van der Waals surface area contributed by atoms with E-state index < -0.39 is 0 Å². The van der Waals surface area contributed by atoms with E-state index in [-0.39, 0.29) is 23.1 Å². The van der Waals surface area contributed by atoms with Gasteiger partial charge >= 0.3 is 0 Å². The van der Waals surface area contributed by atoms with Crippen LogP contribution in [-0.4, -0.2) is 30.7 Å². The molecule has 0 spiro atoms. The maximum Gasteiger partial charge on any atom is 0.179 e. The molecule has 18 heavy (non-hydrogen) atoms. The number of rotatable bonds is 3. The minimum absolute atomic E-state index is 0. The Labute approximate surface area is 124 Å². The number of aromatic nitrogens is 4. The first kappa shape index (κ1) is 15.3. The highest BCUT2D eigenvalue weighted by atomic mass is 79.9. The third-order valence-corrected chi connectivity index (χ3v) is 3.23. The summed E-state index contributed by atoms with van der Waals surface area (Å²) < 4.78 is 2.47. The Hall–Kier alpha value is -0.730. The highest BCUT2D eigenvalue weighted by Crippen LogP contribution is 2.21. The fraction of sp³-hybridized carbons (Fsp3) is 0.500. The Morgan fingerprint density at radius 2 is 2.06 bits per heavy atom. The quantitative estimate of drug-likeness (QED) is 0.789. The molecule has 0 amide bonds. The van der Waals surface area contributed by atoms with Crippen molar-refractivity contribution in [3.63, 3.8) is 0 Å². The molecular weight excluding hydrogens is 366 g/mol. The molecular formula is C10H15Br2N5O. The number of nitrogens with two attached hydrogens (primary N) is 1. The van der Waals surface area contributed by atoms with Crippen molar-refractivity contribution < 1.29 is 5.11 Å². The lowest BCUT2D eigenvalue weighted by molar-refractivity contribution is 0.184. The van der Waals surface area contributed by atoms with Crippen LogP contribution in [0.15, 0.2) is 4.73 Å². The van der Waals surface area contributed by atoms with Crippen LogP contribution in [0.2, 0.25) is 0 Å². The monoisotopic (exact) mass is 379 g/mol. The molecule has 2 aromatic heterocycles. The molecule has 0 aliphatic rings. The molecule has 0 aliphatic heterocycles. The van der Waals surface area contributed by atoms with E-state index in [4.69, 9.17) is 5.73 Å². The van der Waals surface area contributed by atoms with Gasteiger partial charge in [0.25, 0.3) is 0 Å². The van der Waals surface area contributed by atoms with Gasteiger partial charge in [0.2, 0.25) is 0 Å². The van der Waals surface area contributed by atoms with Crippen LogP contribution in [0.3, 0.4) is 0 Å². The Kier molecular flexibility index (Phi) is 5.06. The van der Waals surface area contributed by atoms with Gasteiger partial charge in [-0.05, 0) is 29.3 Å². The van der Waals surface area contributed by atoms with Gasteiger partial charge in [-0.3, -0.25) is 0 Å². The first-order valence-electron chi connectivity index (χ1n) is 5.31. The molecule has 2 rings (SSSR count). The lowest BCUT2D eigenvalue weighted by atomic mass is 10.2. The van der Waals surface area contributed by atoms with Crippen molar-refractivity contribution >= 4 is 49.9 Å². The zero-order valence-electron chi connectivity index (χ0n) is 10.1. The third kappa shape index (κ3) is 2.99. The summed E-state index contributed by atoms with van der Waals surface area (Å²) in [5.41, 5.74) is 7.13. The van der Waals surface area contributed by atoms with Gasteiger partial charge in [0.15, 0.2) is 21.7 Å². The Bertz CT molecular complexity index is 555. The largest absolute Gasteiger partial charge is 0.393 e. The molecule has 0 saturated heterocycles. The molecule has 8 heteroatoms. The number of aliphatic hydroxyl groups excluding tert-OH is 1. The Morgan fingerprint density at radius 1 is 1.39 bits per heavy atom. The predicted molar refractivity (Wildman–Crippen MR) is 78.7 cm³/mol. The lowest BCUT2D eigenvalue weighted by Crippen LogP contribution is -2.07. The molecule has 2 heterocycles. The second kappa shape index (κ2) is 5.94. The van der Waals surface area contributed by atoms with Gasteiger partial charge < -0.3 is 15.4 Å². The summed E-state index contributed by atoms with van der Waals surface area (Å²) in [6.07, 6.45) is 0.846. The first-order chi connectivity index (χ1) is 7.99. The van der Waals surface area contributed by atoms with Crippen LogP contribution in [0, 0.1) is 0 Å². The number of aryl methyl sites for hydroxylation is 2. The van der Waals surface area contributed by atoms with E-state index in [0.29, 0.717) is 40.4 Å². The van der Waals surface area contributed by atoms with E-state index in [2.05, 4.69) is 30.9 Å². The highest BCUT2D eigenvalue weighted by Gasteiger charge is 2.13. The van der Waals surface area contributed by atoms with Crippen LogP contribution >= 0.6 is 32.9 Å². The van der Waals surface area contributed by atoms with Gasteiger partial charge in [0.05, 0.1) is 6.10 Å². The fourth-order valence-electron chi connectivity index (χ4n) is 1.55. The normalized spacial score (nSPS) is 12.4. The van der Waals surface area contributed by atoms with Crippen molar-refractivity contribution in [1.82, 2.24) is 19.5 Å². The minimum Gasteiger partial charge on any atom is -0.393 e. The average Bonchev–Trinajstić information content (AvgIpc) is 2.54. The lowest BCUT2D eigenvalue weighted by Gasteiger charge is -2.04. The van der Waals surface area contributed by atoms with Crippen LogP contribution < -0.4 is 5.73 Å². The van der Waals surface area contributed by atoms with Gasteiger partial charge in [-0.15, -0.1) is 17.0 Å². The van der Waals surface area contributed by atoms with Crippen molar-refractivity contribution in [2.24, 2.45) is 7.05 Å². The molecule has 3 N–H and O–H groups in total. The summed E-state index contributed by atoms with van der Waals surface area (Å²) in [7, 11) is 1.85. The molecule has 1 unspecified atom stereocenters.